The van der Waals surface area contributed by atoms with Crippen LogP contribution >= 0.6 is 0 Å². The average molecular weight is 286 g/mol. The highest BCUT2D eigenvalue weighted by molar-refractivity contribution is 5.89. The molecule has 2 aromatic rings. The Bertz CT molecular complexity index is 624. The number of hydrogen-bond donors (Lipinski definition) is 3. The van der Waals surface area contributed by atoms with Gasteiger partial charge in [-0.2, -0.15) is 0 Å². The van der Waals surface area contributed by atoms with Crippen molar-refractivity contribution in [3.05, 3.63) is 48.0 Å². The normalized spacial score (nSPS) is 10.0. The van der Waals surface area contributed by atoms with Crippen molar-refractivity contribution in [2.45, 2.75) is 13.5 Å². The Hall–Kier alpha value is -2.69. The van der Waals surface area contributed by atoms with Crippen LogP contribution in [0.3, 0.4) is 0 Å². The lowest BCUT2D eigenvalue weighted by Gasteiger charge is -2.13. The lowest BCUT2D eigenvalue weighted by molar-refractivity contribution is -0.114. The fourth-order valence-corrected chi connectivity index (χ4v) is 1.94. The van der Waals surface area contributed by atoms with Gasteiger partial charge < -0.3 is 20.5 Å². The Labute approximate surface area is 123 Å². The monoisotopic (exact) mass is 286 g/mol. The molecule has 3 N–H and O–H groups in total. The lowest BCUT2D eigenvalue weighted by atomic mass is 10.2. The number of methoxy groups -OCH3 is 1. The zero-order chi connectivity index (χ0) is 15.2. The number of phenolic OH excluding ortho intramolecular Hbond substituents is 1. The molecular formula is C16H18N2O3. The Morgan fingerprint density at radius 2 is 1.90 bits per heavy atom. The van der Waals surface area contributed by atoms with E-state index in [0.717, 1.165) is 11.3 Å². The van der Waals surface area contributed by atoms with Crippen molar-refractivity contribution in [1.29, 1.82) is 0 Å². The van der Waals surface area contributed by atoms with Crippen LogP contribution in [0.4, 0.5) is 11.4 Å². The van der Waals surface area contributed by atoms with E-state index in [1.165, 1.54) is 6.92 Å². The van der Waals surface area contributed by atoms with Crippen LogP contribution in [-0.2, 0) is 11.3 Å². The molecule has 0 bridgehead atoms. The minimum atomic E-state index is -0.121. The molecule has 0 fully saturated rings. The summed E-state index contributed by atoms with van der Waals surface area (Å²) < 4.78 is 5.30. The van der Waals surface area contributed by atoms with Crippen LogP contribution in [0.25, 0.3) is 0 Å². The molecule has 0 atom stereocenters. The molecule has 21 heavy (non-hydrogen) atoms. The lowest BCUT2D eigenvalue weighted by Crippen LogP contribution is -2.07. The maximum absolute atomic E-state index is 11.1. The summed E-state index contributed by atoms with van der Waals surface area (Å²) >= 11 is 0. The van der Waals surface area contributed by atoms with Crippen molar-refractivity contribution in [3.8, 4) is 11.5 Å². The van der Waals surface area contributed by atoms with Crippen LogP contribution < -0.4 is 15.4 Å². The standard InChI is InChI=1S/C16H18N2O3/c1-11(19)18-13-5-8-16(21-2)15(9-13)17-10-12-3-6-14(20)7-4-12/h3-9,17,20H,10H2,1-2H3,(H,18,19). The van der Waals surface area contributed by atoms with E-state index in [1.54, 1.807) is 31.4 Å². The van der Waals surface area contributed by atoms with Crippen molar-refractivity contribution >= 4 is 17.3 Å². The van der Waals surface area contributed by atoms with Gasteiger partial charge in [0.15, 0.2) is 0 Å². The van der Waals surface area contributed by atoms with Gasteiger partial charge in [-0.1, -0.05) is 12.1 Å². The van der Waals surface area contributed by atoms with Gasteiger partial charge in [-0.05, 0) is 35.9 Å². The van der Waals surface area contributed by atoms with E-state index in [1.807, 2.05) is 18.2 Å². The molecule has 0 unspecified atom stereocenters. The zero-order valence-electron chi connectivity index (χ0n) is 12.0. The third-order valence-corrected chi connectivity index (χ3v) is 2.94. The van der Waals surface area contributed by atoms with Gasteiger partial charge in [0.2, 0.25) is 5.91 Å². The number of aromatic hydroxyl groups is 1. The zero-order valence-corrected chi connectivity index (χ0v) is 12.0. The van der Waals surface area contributed by atoms with Crippen LogP contribution in [0.2, 0.25) is 0 Å². The van der Waals surface area contributed by atoms with Crippen LogP contribution in [0, 0.1) is 0 Å². The first kappa shape index (κ1) is 14.7. The number of carbonyl (C=O) groups excluding carboxylic acids is 1. The predicted octanol–water partition coefficient (Wildman–Crippen LogP) is 2.97. The number of anilines is 2. The summed E-state index contributed by atoms with van der Waals surface area (Å²) in [5.74, 6) is 0.816. The smallest absolute Gasteiger partial charge is 0.221 e. The molecule has 0 saturated carbocycles. The summed E-state index contributed by atoms with van der Waals surface area (Å²) in [7, 11) is 1.60. The second-order valence-corrected chi connectivity index (χ2v) is 4.62. The Morgan fingerprint density at radius 1 is 1.19 bits per heavy atom. The van der Waals surface area contributed by atoms with Gasteiger partial charge in [0, 0.05) is 19.2 Å². The number of carbonyl (C=O) groups is 1. The quantitative estimate of drug-likeness (QED) is 0.790. The molecule has 110 valence electrons. The molecule has 0 heterocycles. The maximum atomic E-state index is 11.1. The number of benzene rings is 2. The van der Waals surface area contributed by atoms with Crippen molar-refractivity contribution in [2.24, 2.45) is 0 Å². The fraction of sp³-hybridized carbons (Fsp3) is 0.188. The van der Waals surface area contributed by atoms with Crippen LogP contribution in [0.1, 0.15) is 12.5 Å². The van der Waals surface area contributed by atoms with E-state index in [9.17, 15) is 9.90 Å². The highest BCUT2D eigenvalue weighted by Gasteiger charge is 2.05. The average Bonchev–Trinajstić information content (AvgIpc) is 2.46. The number of nitrogens with one attached hydrogen (secondary N) is 2. The Morgan fingerprint density at radius 3 is 2.52 bits per heavy atom. The Kier molecular flexibility index (Phi) is 4.66. The van der Waals surface area contributed by atoms with Gasteiger partial charge >= 0.3 is 0 Å². The molecule has 0 aromatic heterocycles. The largest absolute Gasteiger partial charge is 0.508 e. The van der Waals surface area contributed by atoms with Crippen LogP contribution in [0.5, 0.6) is 11.5 Å². The highest BCUT2D eigenvalue weighted by atomic mass is 16.5. The molecule has 2 aromatic carbocycles. The molecule has 0 aliphatic heterocycles. The summed E-state index contributed by atoms with van der Waals surface area (Å²) in [5, 5.41) is 15.3. The number of ether oxygens (including phenoxy) is 1. The predicted molar refractivity (Wildman–Crippen MR) is 82.7 cm³/mol. The molecule has 5 nitrogen and oxygen atoms in total. The summed E-state index contributed by atoms with van der Waals surface area (Å²) in [6.45, 7) is 2.05. The topological polar surface area (TPSA) is 70.6 Å². The molecule has 1 amide bonds. The van der Waals surface area contributed by atoms with E-state index >= 15 is 0 Å². The molecule has 0 saturated heterocycles. The number of hydrogen-bond acceptors (Lipinski definition) is 4. The Balaban J connectivity index is 2.13. The summed E-state index contributed by atoms with van der Waals surface area (Å²) in [5.41, 5.74) is 2.52. The van der Waals surface area contributed by atoms with Gasteiger partial charge in [0.1, 0.15) is 11.5 Å². The minimum absolute atomic E-state index is 0.121. The van der Waals surface area contributed by atoms with Crippen molar-refractivity contribution in [2.75, 3.05) is 17.7 Å². The molecule has 0 spiro atoms. The molecule has 0 aliphatic carbocycles. The molecule has 0 radical (unpaired) electrons. The SMILES string of the molecule is COc1ccc(NC(C)=O)cc1NCc1ccc(O)cc1. The van der Waals surface area contributed by atoms with E-state index in [-0.39, 0.29) is 11.7 Å². The maximum Gasteiger partial charge on any atom is 0.221 e. The van der Waals surface area contributed by atoms with Gasteiger partial charge in [0.05, 0.1) is 12.8 Å². The third-order valence-electron chi connectivity index (χ3n) is 2.94. The van der Waals surface area contributed by atoms with Crippen molar-refractivity contribution in [3.63, 3.8) is 0 Å². The first-order chi connectivity index (χ1) is 10.1. The van der Waals surface area contributed by atoms with Crippen molar-refractivity contribution in [1.82, 2.24) is 0 Å². The van der Waals surface area contributed by atoms with E-state index in [2.05, 4.69) is 10.6 Å². The summed E-state index contributed by atoms with van der Waals surface area (Å²) in [4.78, 5) is 11.1. The van der Waals surface area contributed by atoms with Gasteiger partial charge in [0.25, 0.3) is 0 Å². The molecule has 5 heteroatoms. The number of rotatable bonds is 5. The van der Waals surface area contributed by atoms with Crippen LogP contribution in [0.15, 0.2) is 42.5 Å². The van der Waals surface area contributed by atoms with E-state index in [0.29, 0.717) is 18.0 Å². The van der Waals surface area contributed by atoms with Gasteiger partial charge in [-0.25, -0.2) is 0 Å². The summed E-state index contributed by atoms with van der Waals surface area (Å²) in [6.07, 6.45) is 0. The van der Waals surface area contributed by atoms with Gasteiger partial charge in [-0.15, -0.1) is 0 Å². The second kappa shape index (κ2) is 6.65. The first-order valence-corrected chi connectivity index (χ1v) is 6.56. The van der Waals surface area contributed by atoms with Crippen LogP contribution in [-0.4, -0.2) is 18.1 Å². The molecule has 2 rings (SSSR count). The van der Waals surface area contributed by atoms with Gasteiger partial charge in [-0.3, -0.25) is 4.79 Å². The number of amides is 1. The van der Waals surface area contributed by atoms with E-state index in [4.69, 9.17) is 4.74 Å². The highest BCUT2D eigenvalue weighted by Crippen LogP contribution is 2.28. The fourth-order valence-electron chi connectivity index (χ4n) is 1.94. The van der Waals surface area contributed by atoms with E-state index < -0.39 is 0 Å². The second-order valence-electron chi connectivity index (χ2n) is 4.62. The molecule has 0 aliphatic rings. The number of phenols is 1. The summed E-state index contributed by atoms with van der Waals surface area (Å²) in [6, 6.07) is 12.4. The molecular weight excluding hydrogens is 268 g/mol. The minimum Gasteiger partial charge on any atom is -0.508 e. The first-order valence-electron chi connectivity index (χ1n) is 6.56. The third kappa shape index (κ3) is 4.14. The van der Waals surface area contributed by atoms with Crippen molar-refractivity contribution < 1.29 is 14.6 Å².